The number of hydrogen-bond donors (Lipinski definition) is 0. The minimum atomic E-state index is -0.443. The number of non-ortho nitro benzene ring substituents is 1. The summed E-state index contributed by atoms with van der Waals surface area (Å²) in [5, 5.41) is 11.7. The number of methoxy groups -OCH3 is 1. The first-order valence-corrected chi connectivity index (χ1v) is 11.5. The molecule has 0 bridgehead atoms. The van der Waals surface area contributed by atoms with Gasteiger partial charge in [0.05, 0.1) is 16.9 Å². The summed E-state index contributed by atoms with van der Waals surface area (Å²) >= 11 is 4.89. The van der Waals surface area contributed by atoms with Crippen LogP contribution in [0.25, 0.3) is 6.08 Å². The number of rotatable bonds is 8. The Balaban J connectivity index is 1.85. The molecule has 0 saturated carbocycles. The number of nitrogens with zero attached hydrogens (tertiary/aromatic N) is 3. The van der Waals surface area contributed by atoms with Crippen LogP contribution in [0.3, 0.4) is 0 Å². The Labute approximate surface area is 198 Å². The molecule has 1 aliphatic rings. The highest BCUT2D eigenvalue weighted by Crippen LogP contribution is 2.38. The molecule has 0 spiro atoms. The summed E-state index contributed by atoms with van der Waals surface area (Å²) in [6.45, 7) is 5.15. The van der Waals surface area contributed by atoms with Crippen molar-refractivity contribution in [3.63, 3.8) is 0 Å². The summed E-state index contributed by atoms with van der Waals surface area (Å²) in [6, 6.07) is 9.81. The van der Waals surface area contributed by atoms with Gasteiger partial charge in [-0.15, -0.1) is 0 Å². The zero-order chi connectivity index (χ0) is 23.3. The van der Waals surface area contributed by atoms with Crippen molar-refractivity contribution < 1.29 is 19.2 Å². The number of amides is 1. The van der Waals surface area contributed by atoms with E-state index in [9.17, 15) is 14.9 Å². The van der Waals surface area contributed by atoms with Crippen molar-refractivity contribution in [2.24, 2.45) is 4.99 Å². The molecule has 10 heteroatoms. The Hall–Kier alpha value is -2.85. The van der Waals surface area contributed by atoms with Gasteiger partial charge in [-0.3, -0.25) is 24.8 Å². The number of aliphatic imine (C=N–C) groups is 1. The Morgan fingerprint density at radius 1 is 1.25 bits per heavy atom. The lowest BCUT2D eigenvalue weighted by Gasteiger charge is -2.13. The predicted octanol–water partition coefficient (Wildman–Crippen LogP) is 5.26. The van der Waals surface area contributed by atoms with Crippen molar-refractivity contribution >= 4 is 50.5 Å². The van der Waals surface area contributed by atoms with Crippen molar-refractivity contribution in [1.29, 1.82) is 0 Å². The van der Waals surface area contributed by atoms with E-state index >= 15 is 0 Å². The van der Waals surface area contributed by atoms with E-state index in [0.29, 0.717) is 40.2 Å². The fraction of sp³-hybridized carbons (Fsp3) is 0.273. The van der Waals surface area contributed by atoms with Crippen LogP contribution in [0.5, 0.6) is 11.5 Å². The summed E-state index contributed by atoms with van der Waals surface area (Å²) in [5.74, 6) is 0.874. The average Bonchev–Trinajstić information content (AvgIpc) is 3.08. The van der Waals surface area contributed by atoms with Crippen LogP contribution in [0, 0.1) is 10.1 Å². The molecular formula is C22H22BrN3O5S. The fourth-order valence-electron chi connectivity index (χ4n) is 3.04. The molecule has 0 unspecified atom stereocenters. The molecule has 0 atom stereocenters. The highest BCUT2D eigenvalue weighted by Gasteiger charge is 2.32. The number of thioether (sulfide) groups is 1. The van der Waals surface area contributed by atoms with Gasteiger partial charge in [-0.1, -0.05) is 28.1 Å². The second-order valence-electron chi connectivity index (χ2n) is 6.66. The van der Waals surface area contributed by atoms with Gasteiger partial charge in [0.25, 0.3) is 11.6 Å². The molecule has 3 rings (SSSR count). The van der Waals surface area contributed by atoms with Gasteiger partial charge in [0.15, 0.2) is 16.7 Å². The molecule has 0 radical (unpaired) electrons. The van der Waals surface area contributed by atoms with Gasteiger partial charge in [0.1, 0.15) is 6.61 Å². The summed E-state index contributed by atoms with van der Waals surface area (Å²) in [6.07, 6.45) is 1.80. The van der Waals surface area contributed by atoms with Crippen LogP contribution in [0.4, 0.5) is 5.69 Å². The Morgan fingerprint density at radius 2 is 2.03 bits per heavy atom. The number of benzene rings is 2. The quantitative estimate of drug-likeness (QED) is 0.268. The molecule has 1 amide bonds. The molecule has 1 saturated heterocycles. The van der Waals surface area contributed by atoms with Gasteiger partial charge >= 0.3 is 0 Å². The lowest BCUT2D eigenvalue weighted by Crippen LogP contribution is -2.28. The van der Waals surface area contributed by atoms with Crippen molar-refractivity contribution in [2.45, 2.75) is 20.5 Å². The van der Waals surface area contributed by atoms with E-state index in [4.69, 9.17) is 9.47 Å². The molecule has 168 valence electrons. The van der Waals surface area contributed by atoms with Crippen LogP contribution in [0.2, 0.25) is 0 Å². The number of hydrogen-bond acceptors (Lipinski definition) is 7. The number of carbonyl (C=O) groups is 1. The molecule has 1 heterocycles. The van der Waals surface area contributed by atoms with Crippen LogP contribution in [-0.4, -0.2) is 41.1 Å². The molecule has 1 fully saturated rings. The van der Waals surface area contributed by atoms with E-state index in [-0.39, 0.29) is 18.2 Å². The largest absolute Gasteiger partial charge is 0.493 e. The van der Waals surface area contributed by atoms with Gasteiger partial charge in [0, 0.05) is 29.7 Å². The third kappa shape index (κ3) is 5.31. The van der Waals surface area contributed by atoms with Crippen molar-refractivity contribution in [2.75, 3.05) is 20.2 Å². The van der Waals surface area contributed by atoms with E-state index in [0.717, 1.165) is 10.0 Å². The number of ether oxygens (including phenoxy) is 2. The van der Waals surface area contributed by atoms with Crippen molar-refractivity contribution in [3.8, 4) is 11.5 Å². The first-order chi connectivity index (χ1) is 15.4. The van der Waals surface area contributed by atoms with Gasteiger partial charge in [0.2, 0.25) is 0 Å². The zero-order valence-corrected chi connectivity index (χ0v) is 20.2. The molecule has 0 aliphatic carbocycles. The Kier molecular flexibility index (Phi) is 7.92. The molecule has 2 aromatic rings. The molecular weight excluding hydrogens is 498 g/mol. The normalized spacial score (nSPS) is 16.1. The lowest BCUT2D eigenvalue weighted by atomic mass is 10.1. The van der Waals surface area contributed by atoms with Gasteiger partial charge in [-0.2, -0.15) is 0 Å². The molecule has 0 aromatic heterocycles. The smallest absolute Gasteiger partial charge is 0.269 e. The summed E-state index contributed by atoms with van der Waals surface area (Å²) in [7, 11) is 1.53. The summed E-state index contributed by atoms with van der Waals surface area (Å²) in [4.78, 5) is 29.9. The number of carbonyl (C=O) groups excluding carboxylic acids is 1. The Morgan fingerprint density at radius 3 is 2.69 bits per heavy atom. The van der Waals surface area contributed by atoms with Gasteiger partial charge in [-0.05, 0) is 54.9 Å². The highest BCUT2D eigenvalue weighted by atomic mass is 79.9. The maximum atomic E-state index is 12.7. The second-order valence-corrected chi connectivity index (χ2v) is 8.52. The second kappa shape index (κ2) is 10.6. The van der Waals surface area contributed by atoms with E-state index in [1.165, 1.54) is 31.0 Å². The molecule has 2 aromatic carbocycles. The van der Waals surface area contributed by atoms with E-state index in [1.54, 1.807) is 35.2 Å². The van der Waals surface area contributed by atoms with Crippen molar-refractivity contribution in [3.05, 3.63) is 67.0 Å². The number of halogens is 1. The number of likely N-dealkylation sites (N-methyl/N-ethyl adjacent to an activating group) is 1. The van der Waals surface area contributed by atoms with Crippen LogP contribution in [0.1, 0.15) is 25.0 Å². The maximum Gasteiger partial charge on any atom is 0.269 e. The monoisotopic (exact) mass is 519 g/mol. The van der Waals surface area contributed by atoms with Crippen LogP contribution in [-0.2, 0) is 11.4 Å². The number of amidine groups is 1. The number of nitro benzene ring substituents is 1. The minimum absolute atomic E-state index is 0.00653. The van der Waals surface area contributed by atoms with E-state index in [1.807, 2.05) is 13.8 Å². The fourth-order valence-corrected chi connectivity index (χ4v) is 4.57. The SMILES string of the molecule is CCN=C1S/C(=C/c2cc(OC)c(OCc3cccc([N+](=O)[O-])c3)cc2Br)C(=O)N1CC. The third-order valence-corrected chi connectivity index (χ3v) is 6.31. The molecule has 32 heavy (non-hydrogen) atoms. The highest BCUT2D eigenvalue weighted by molar-refractivity contribution is 9.10. The summed E-state index contributed by atoms with van der Waals surface area (Å²) in [5.41, 5.74) is 1.43. The van der Waals surface area contributed by atoms with Crippen LogP contribution in [0.15, 0.2) is 50.8 Å². The third-order valence-electron chi connectivity index (χ3n) is 4.58. The Bertz CT molecular complexity index is 1100. The molecule has 8 nitrogen and oxygen atoms in total. The standard InChI is InChI=1S/C22H22BrN3O5S/c1-4-24-22-25(5-2)21(27)20(32-22)11-15-10-18(30-3)19(12-17(15)23)31-13-14-7-6-8-16(9-14)26(28)29/h6-12H,4-5,13H2,1-3H3/b20-11+,24-22?. The predicted molar refractivity (Wildman–Crippen MR) is 129 cm³/mol. The minimum Gasteiger partial charge on any atom is -0.493 e. The average molecular weight is 520 g/mol. The van der Waals surface area contributed by atoms with E-state index < -0.39 is 4.92 Å². The van der Waals surface area contributed by atoms with Crippen molar-refractivity contribution in [1.82, 2.24) is 4.90 Å². The van der Waals surface area contributed by atoms with Crippen LogP contribution >= 0.6 is 27.7 Å². The molecule has 1 aliphatic heterocycles. The van der Waals surface area contributed by atoms with Crippen LogP contribution < -0.4 is 9.47 Å². The van der Waals surface area contributed by atoms with E-state index in [2.05, 4.69) is 20.9 Å². The van der Waals surface area contributed by atoms with Gasteiger partial charge < -0.3 is 9.47 Å². The molecule has 0 N–H and O–H groups in total. The first kappa shape index (κ1) is 23.8. The topological polar surface area (TPSA) is 94.3 Å². The lowest BCUT2D eigenvalue weighted by molar-refractivity contribution is -0.384. The maximum absolute atomic E-state index is 12.7. The first-order valence-electron chi connectivity index (χ1n) is 9.87. The van der Waals surface area contributed by atoms with Gasteiger partial charge in [-0.25, -0.2) is 0 Å². The number of nitro groups is 1. The summed E-state index contributed by atoms with van der Waals surface area (Å²) < 4.78 is 12.1. The zero-order valence-electron chi connectivity index (χ0n) is 17.8.